The van der Waals surface area contributed by atoms with E-state index >= 15 is 0 Å². The standard InChI is InChI=1S/C13H20N2O4/c1-10(14-7-6-13(16)9-19-2)11-4-3-5-12(8-11)15(17)18/h3-5,8,10,13-14,16H,6-7,9H2,1-2H3. The van der Waals surface area contributed by atoms with Gasteiger partial charge in [0.2, 0.25) is 0 Å². The maximum atomic E-state index is 10.7. The molecule has 0 aliphatic rings. The number of non-ortho nitro benzene ring substituents is 1. The van der Waals surface area contributed by atoms with E-state index in [-0.39, 0.29) is 11.7 Å². The maximum absolute atomic E-state index is 10.7. The van der Waals surface area contributed by atoms with Crippen molar-refractivity contribution in [3.05, 3.63) is 39.9 Å². The van der Waals surface area contributed by atoms with Crippen molar-refractivity contribution in [2.75, 3.05) is 20.3 Å². The second-order valence-electron chi connectivity index (χ2n) is 4.43. The highest BCUT2D eigenvalue weighted by molar-refractivity contribution is 5.35. The fourth-order valence-corrected chi connectivity index (χ4v) is 1.77. The van der Waals surface area contributed by atoms with Crippen molar-refractivity contribution in [2.24, 2.45) is 0 Å². The van der Waals surface area contributed by atoms with Gasteiger partial charge in [0, 0.05) is 25.3 Å². The minimum Gasteiger partial charge on any atom is -0.391 e. The molecule has 0 aliphatic carbocycles. The highest BCUT2D eigenvalue weighted by Gasteiger charge is 2.11. The molecule has 0 radical (unpaired) electrons. The Kier molecular flexibility index (Phi) is 6.41. The Morgan fingerprint density at radius 2 is 2.26 bits per heavy atom. The van der Waals surface area contributed by atoms with Crippen LogP contribution in [0.25, 0.3) is 0 Å². The van der Waals surface area contributed by atoms with Crippen LogP contribution in [0.2, 0.25) is 0 Å². The summed E-state index contributed by atoms with van der Waals surface area (Å²) < 4.78 is 4.84. The number of rotatable bonds is 8. The lowest BCUT2D eigenvalue weighted by Crippen LogP contribution is -2.25. The third kappa shape index (κ3) is 5.34. The Morgan fingerprint density at radius 3 is 2.89 bits per heavy atom. The fourth-order valence-electron chi connectivity index (χ4n) is 1.77. The molecule has 0 amide bonds. The molecule has 2 N–H and O–H groups in total. The first-order chi connectivity index (χ1) is 9.04. The number of nitro benzene ring substituents is 1. The van der Waals surface area contributed by atoms with Gasteiger partial charge in [-0.2, -0.15) is 0 Å². The Morgan fingerprint density at radius 1 is 1.53 bits per heavy atom. The average molecular weight is 268 g/mol. The van der Waals surface area contributed by atoms with E-state index < -0.39 is 11.0 Å². The minimum atomic E-state index is -0.491. The third-order valence-electron chi connectivity index (χ3n) is 2.87. The normalized spacial score (nSPS) is 14.1. The molecule has 6 nitrogen and oxygen atoms in total. The number of benzene rings is 1. The van der Waals surface area contributed by atoms with E-state index in [0.717, 1.165) is 5.56 Å². The van der Waals surface area contributed by atoms with Crippen LogP contribution in [-0.2, 0) is 4.74 Å². The van der Waals surface area contributed by atoms with Crippen molar-refractivity contribution in [1.82, 2.24) is 5.32 Å². The predicted octanol–water partition coefficient (Wildman–Crippen LogP) is 1.64. The van der Waals surface area contributed by atoms with E-state index in [0.29, 0.717) is 19.6 Å². The van der Waals surface area contributed by atoms with Gasteiger partial charge in [0.25, 0.3) is 5.69 Å². The molecular formula is C13H20N2O4. The van der Waals surface area contributed by atoms with Crippen LogP contribution in [0.5, 0.6) is 0 Å². The molecule has 1 aromatic carbocycles. The molecule has 0 saturated carbocycles. The molecule has 2 unspecified atom stereocenters. The zero-order valence-electron chi connectivity index (χ0n) is 11.2. The van der Waals surface area contributed by atoms with Gasteiger partial charge >= 0.3 is 0 Å². The zero-order chi connectivity index (χ0) is 14.3. The van der Waals surface area contributed by atoms with Crippen LogP contribution < -0.4 is 5.32 Å². The third-order valence-corrected chi connectivity index (χ3v) is 2.87. The molecule has 0 heterocycles. The van der Waals surface area contributed by atoms with E-state index in [4.69, 9.17) is 4.74 Å². The zero-order valence-corrected chi connectivity index (χ0v) is 11.2. The molecule has 1 rings (SSSR count). The lowest BCUT2D eigenvalue weighted by Gasteiger charge is -2.15. The van der Waals surface area contributed by atoms with Crippen molar-refractivity contribution < 1.29 is 14.8 Å². The van der Waals surface area contributed by atoms with Gasteiger partial charge in [-0.25, -0.2) is 0 Å². The number of aliphatic hydroxyl groups excluding tert-OH is 1. The second kappa shape index (κ2) is 7.83. The summed E-state index contributed by atoms with van der Waals surface area (Å²) in [6.07, 6.45) is 0.0856. The first kappa shape index (κ1) is 15.6. The van der Waals surface area contributed by atoms with Crippen molar-refractivity contribution in [1.29, 1.82) is 0 Å². The van der Waals surface area contributed by atoms with Crippen molar-refractivity contribution in [3.63, 3.8) is 0 Å². The summed E-state index contributed by atoms with van der Waals surface area (Å²) >= 11 is 0. The van der Waals surface area contributed by atoms with Crippen LogP contribution in [0.3, 0.4) is 0 Å². The number of nitrogens with one attached hydrogen (secondary N) is 1. The van der Waals surface area contributed by atoms with Crippen LogP contribution in [0.1, 0.15) is 24.9 Å². The maximum Gasteiger partial charge on any atom is 0.269 e. The molecule has 0 bridgehead atoms. The van der Waals surface area contributed by atoms with E-state index in [1.807, 2.05) is 13.0 Å². The van der Waals surface area contributed by atoms with Crippen LogP contribution in [0.4, 0.5) is 5.69 Å². The van der Waals surface area contributed by atoms with Gasteiger partial charge < -0.3 is 15.2 Å². The average Bonchev–Trinajstić information content (AvgIpc) is 2.39. The quantitative estimate of drug-likeness (QED) is 0.553. The molecule has 6 heteroatoms. The molecule has 19 heavy (non-hydrogen) atoms. The number of aliphatic hydroxyl groups is 1. The van der Waals surface area contributed by atoms with Gasteiger partial charge in [-0.05, 0) is 25.5 Å². The number of hydrogen-bond donors (Lipinski definition) is 2. The van der Waals surface area contributed by atoms with E-state index in [1.165, 1.54) is 6.07 Å². The molecule has 0 saturated heterocycles. The highest BCUT2D eigenvalue weighted by atomic mass is 16.6. The van der Waals surface area contributed by atoms with Gasteiger partial charge in [0.1, 0.15) is 0 Å². The number of methoxy groups -OCH3 is 1. The summed E-state index contributed by atoms with van der Waals surface area (Å²) in [7, 11) is 1.54. The summed E-state index contributed by atoms with van der Waals surface area (Å²) in [6, 6.07) is 6.54. The summed E-state index contributed by atoms with van der Waals surface area (Å²) in [5, 5.41) is 23.4. The number of hydrogen-bond acceptors (Lipinski definition) is 5. The Bertz CT molecular complexity index is 411. The summed E-state index contributed by atoms with van der Waals surface area (Å²) in [6.45, 7) is 2.86. The SMILES string of the molecule is COCC(O)CCNC(C)c1cccc([N+](=O)[O-])c1. The number of nitro groups is 1. The van der Waals surface area contributed by atoms with Crippen LogP contribution in [-0.4, -0.2) is 36.4 Å². The molecule has 0 spiro atoms. The second-order valence-corrected chi connectivity index (χ2v) is 4.43. The molecule has 2 atom stereocenters. The van der Waals surface area contributed by atoms with Crippen LogP contribution in [0.15, 0.2) is 24.3 Å². The Labute approximate surface area is 112 Å². The van der Waals surface area contributed by atoms with E-state index in [2.05, 4.69) is 5.32 Å². The molecule has 0 aliphatic heterocycles. The highest BCUT2D eigenvalue weighted by Crippen LogP contribution is 2.18. The first-order valence-electron chi connectivity index (χ1n) is 6.19. The largest absolute Gasteiger partial charge is 0.391 e. The topological polar surface area (TPSA) is 84.6 Å². The Hall–Kier alpha value is -1.50. The lowest BCUT2D eigenvalue weighted by molar-refractivity contribution is -0.384. The van der Waals surface area contributed by atoms with Gasteiger partial charge in [-0.3, -0.25) is 10.1 Å². The van der Waals surface area contributed by atoms with Gasteiger partial charge in [-0.1, -0.05) is 12.1 Å². The molecular weight excluding hydrogens is 248 g/mol. The number of ether oxygens (including phenoxy) is 1. The summed E-state index contributed by atoms with van der Waals surface area (Å²) in [5.41, 5.74) is 0.945. The molecule has 1 aromatic rings. The van der Waals surface area contributed by atoms with Crippen LogP contribution in [0, 0.1) is 10.1 Å². The lowest BCUT2D eigenvalue weighted by atomic mass is 10.1. The smallest absolute Gasteiger partial charge is 0.269 e. The van der Waals surface area contributed by atoms with Gasteiger partial charge in [0.15, 0.2) is 0 Å². The molecule has 106 valence electrons. The fraction of sp³-hybridized carbons (Fsp3) is 0.538. The van der Waals surface area contributed by atoms with Crippen molar-refractivity contribution in [3.8, 4) is 0 Å². The van der Waals surface area contributed by atoms with Gasteiger partial charge in [-0.15, -0.1) is 0 Å². The van der Waals surface area contributed by atoms with Crippen LogP contribution >= 0.6 is 0 Å². The summed E-state index contributed by atoms with van der Waals surface area (Å²) in [4.78, 5) is 10.3. The monoisotopic (exact) mass is 268 g/mol. The number of nitrogens with zero attached hydrogens (tertiary/aromatic N) is 1. The first-order valence-corrected chi connectivity index (χ1v) is 6.19. The van der Waals surface area contributed by atoms with Gasteiger partial charge in [0.05, 0.1) is 17.6 Å². The molecule has 0 aromatic heterocycles. The van der Waals surface area contributed by atoms with E-state index in [9.17, 15) is 15.2 Å². The minimum absolute atomic E-state index is 0.00496. The van der Waals surface area contributed by atoms with Crippen molar-refractivity contribution >= 4 is 5.69 Å². The summed E-state index contributed by atoms with van der Waals surface area (Å²) in [5.74, 6) is 0. The van der Waals surface area contributed by atoms with E-state index in [1.54, 1.807) is 19.2 Å². The molecule has 0 fully saturated rings. The predicted molar refractivity (Wildman–Crippen MR) is 72.0 cm³/mol. The van der Waals surface area contributed by atoms with Crippen molar-refractivity contribution in [2.45, 2.75) is 25.5 Å². The Balaban J connectivity index is 2.47.